The number of hydrogen-bond acceptors (Lipinski definition) is 5. The number of aliphatic hydroxyl groups excluding tert-OH is 1. The van der Waals surface area contributed by atoms with Gasteiger partial charge in [0.1, 0.15) is 5.75 Å². The number of β-lactam (4-membered cyclic amide) rings is 1. The molecule has 21 heavy (non-hydrogen) atoms. The highest BCUT2D eigenvalue weighted by atomic mass is 16.6. The third-order valence-corrected chi connectivity index (χ3v) is 3.38. The van der Waals surface area contributed by atoms with E-state index < -0.39 is 5.97 Å². The standard InChI is InChI=1S/C15H19NO5/c17-8-6-13-12(15(19)16-13)7-9-20-14(18)10-21-11-4-2-1-3-5-11/h1-5,12-13,17H,6-10H2,(H,16,19). The van der Waals surface area contributed by atoms with Crippen LogP contribution in [0.2, 0.25) is 0 Å². The van der Waals surface area contributed by atoms with Crippen LogP contribution in [0, 0.1) is 5.92 Å². The zero-order valence-corrected chi connectivity index (χ0v) is 11.7. The lowest BCUT2D eigenvalue weighted by atomic mass is 9.86. The molecule has 2 rings (SSSR count). The van der Waals surface area contributed by atoms with Crippen LogP contribution in [-0.2, 0) is 14.3 Å². The van der Waals surface area contributed by atoms with E-state index in [1.165, 1.54) is 0 Å². The van der Waals surface area contributed by atoms with E-state index >= 15 is 0 Å². The molecule has 1 aliphatic rings. The first-order valence-corrected chi connectivity index (χ1v) is 6.95. The molecule has 1 fully saturated rings. The number of esters is 1. The quantitative estimate of drug-likeness (QED) is 0.538. The summed E-state index contributed by atoms with van der Waals surface area (Å²) >= 11 is 0. The Hall–Kier alpha value is -2.08. The van der Waals surface area contributed by atoms with Gasteiger partial charge in [0, 0.05) is 12.6 Å². The molecule has 114 valence electrons. The van der Waals surface area contributed by atoms with Crippen LogP contribution >= 0.6 is 0 Å². The Balaban J connectivity index is 1.62. The van der Waals surface area contributed by atoms with E-state index in [0.29, 0.717) is 18.6 Å². The lowest BCUT2D eigenvalue weighted by Gasteiger charge is -2.36. The van der Waals surface area contributed by atoms with Crippen molar-refractivity contribution in [2.45, 2.75) is 18.9 Å². The third kappa shape index (κ3) is 4.46. The fourth-order valence-electron chi connectivity index (χ4n) is 2.22. The molecule has 0 aliphatic carbocycles. The van der Waals surface area contributed by atoms with Crippen molar-refractivity contribution in [3.63, 3.8) is 0 Å². The molecule has 1 amide bonds. The van der Waals surface area contributed by atoms with Crippen molar-refractivity contribution in [1.82, 2.24) is 5.32 Å². The number of amides is 1. The predicted molar refractivity (Wildman–Crippen MR) is 74.6 cm³/mol. The highest BCUT2D eigenvalue weighted by Gasteiger charge is 2.38. The van der Waals surface area contributed by atoms with Crippen LogP contribution in [0.4, 0.5) is 0 Å². The van der Waals surface area contributed by atoms with Gasteiger partial charge in [0.25, 0.3) is 0 Å². The monoisotopic (exact) mass is 293 g/mol. The third-order valence-electron chi connectivity index (χ3n) is 3.38. The molecule has 6 heteroatoms. The van der Waals surface area contributed by atoms with Crippen molar-refractivity contribution < 1.29 is 24.2 Å². The van der Waals surface area contributed by atoms with E-state index in [0.717, 1.165) is 0 Å². The van der Waals surface area contributed by atoms with Gasteiger partial charge in [-0.1, -0.05) is 18.2 Å². The Morgan fingerprint density at radius 2 is 2.00 bits per heavy atom. The minimum absolute atomic E-state index is 0.0122. The fourth-order valence-corrected chi connectivity index (χ4v) is 2.22. The molecule has 1 saturated heterocycles. The fraction of sp³-hybridized carbons (Fsp3) is 0.467. The number of ether oxygens (including phenoxy) is 2. The summed E-state index contributed by atoms with van der Waals surface area (Å²) < 4.78 is 10.3. The summed E-state index contributed by atoms with van der Waals surface area (Å²) in [7, 11) is 0. The minimum Gasteiger partial charge on any atom is -0.482 e. The van der Waals surface area contributed by atoms with Crippen molar-refractivity contribution in [2.75, 3.05) is 19.8 Å². The number of benzene rings is 1. The van der Waals surface area contributed by atoms with Crippen LogP contribution in [-0.4, -0.2) is 42.8 Å². The van der Waals surface area contributed by atoms with E-state index in [9.17, 15) is 9.59 Å². The number of para-hydroxylation sites is 1. The van der Waals surface area contributed by atoms with Gasteiger partial charge in [0.15, 0.2) is 6.61 Å². The Morgan fingerprint density at radius 3 is 2.67 bits per heavy atom. The summed E-state index contributed by atoms with van der Waals surface area (Å²) in [6, 6.07) is 8.99. The van der Waals surface area contributed by atoms with E-state index in [1.807, 2.05) is 18.2 Å². The normalized spacial score (nSPS) is 20.3. The van der Waals surface area contributed by atoms with Gasteiger partial charge in [0.05, 0.1) is 12.5 Å². The number of carbonyl (C=O) groups excluding carboxylic acids is 2. The maximum atomic E-state index is 11.5. The van der Waals surface area contributed by atoms with Gasteiger partial charge < -0.3 is 19.9 Å². The van der Waals surface area contributed by atoms with Crippen LogP contribution in [0.1, 0.15) is 12.8 Å². The summed E-state index contributed by atoms with van der Waals surface area (Å²) in [5.41, 5.74) is 0. The second-order valence-electron chi connectivity index (χ2n) is 4.84. The molecule has 1 aromatic rings. The van der Waals surface area contributed by atoms with E-state index in [2.05, 4.69) is 5.32 Å². The van der Waals surface area contributed by atoms with Crippen molar-refractivity contribution >= 4 is 11.9 Å². The summed E-state index contributed by atoms with van der Waals surface area (Å²) in [6.07, 6.45) is 0.995. The Morgan fingerprint density at radius 1 is 1.24 bits per heavy atom. The summed E-state index contributed by atoms with van der Waals surface area (Å²) in [5.74, 6) is -0.0850. The van der Waals surface area contributed by atoms with Crippen molar-refractivity contribution in [2.24, 2.45) is 5.92 Å². The first-order valence-electron chi connectivity index (χ1n) is 6.95. The molecule has 2 N–H and O–H groups in total. The average Bonchev–Trinajstić information content (AvgIpc) is 2.50. The molecule has 0 spiro atoms. The second-order valence-corrected chi connectivity index (χ2v) is 4.84. The van der Waals surface area contributed by atoms with E-state index in [4.69, 9.17) is 14.6 Å². The molecule has 1 aromatic carbocycles. The Labute approximate surface area is 123 Å². The number of nitrogens with one attached hydrogen (secondary N) is 1. The van der Waals surface area contributed by atoms with Crippen LogP contribution in [0.25, 0.3) is 0 Å². The van der Waals surface area contributed by atoms with Gasteiger partial charge in [0.2, 0.25) is 5.91 Å². The zero-order valence-electron chi connectivity index (χ0n) is 11.7. The molecule has 2 unspecified atom stereocenters. The second kappa shape index (κ2) is 7.64. The van der Waals surface area contributed by atoms with Gasteiger partial charge in [-0.25, -0.2) is 4.79 Å². The highest BCUT2D eigenvalue weighted by Crippen LogP contribution is 2.21. The summed E-state index contributed by atoms with van der Waals surface area (Å²) in [4.78, 5) is 22.8. The van der Waals surface area contributed by atoms with Gasteiger partial charge in [-0.2, -0.15) is 0 Å². The van der Waals surface area contributed by atoms with Gasteiger partial charge in [-0.15, -0.1) is 0 Å². The van der Waals surface area contributed by atoms with Crippen LogP contribution in [0.3, 0.4) is 0 Å². The minimum atomic E-state index is -0.461. The maximum absolute atomic E-state index is 11.5. The summed E-state index contributed by atoms with van der Waals surface area (Å²) in [6.45, 7) is 0.0596. The van der Waals surface area contributed by atoms with Crippen LogP contribution in [0.5, 0.6) is 5.75 Å². The molecule has 2 atom stereocenters. The smallest absolute Gasteiger partial charge is 0.344 e. The van der Waals surface area contributed by atoms with Crippen LogP contribution < -0.4 is 10.1 Å². The lowest BCUT2D eigenvalue weighted by molar-refractivity contribution is -0.148. The molecule has 0 aromatic heterocycles. The number of carbonyl (C=O) groups is 2. The SMILES string of the molecule is O=C(COc1ccccc1)OCCC1C(=O)NC1CCO. The van der Waals surface area contributed by atoms with Crippen LogP contribution in [0.15, 0.2) is 30.3 Å². The van der Waals surface area contributed by atoms with Gasteiger partial charge in [-0.3, -0.25) is 4.79 Å². The number of rotatable bonds is 8. The van der Waals surface area contributed by atoms with Crippen molar-refractivity contribution in [3.8, 4) is 5.75 Å². The largest absolute Gasteiger partial charge is 0.482 e. The maximum Gasteiger partial charge on any atom is 0.344 e. The molecule has 1 aliphatic heterocycles. The van der Waals surface area contributed by atoms with E-state index in [-0.39, 0.29) is 37.7 Å². The number of hydrogen-bond donors (Lipinski definition) is 2. The number of aliphatic hydroxyl groups is 1. The Kier molecular flexibility index (Phi) is 5.57. The molecule has 0 radical (unpaired) electrons. The molecule has 0 bridgehead atoms. The predicted octanol–water partition coefficient (Wildman–Crippen LogP) is 0.496. The molecular weight excluding hydrogens is 274 g/mol. The average molecular weight is 293 g/mol. The summed E-state index contributed by atoms with van der Waals surface area (Å²) in [5, 5.41) is 11.6. The first-order chi connectivity index (χ1) is 10.2. The molecule has 0 saturated carbocycles. The van der Waals surface area contributed by atoms with Crippen molar-refractivity contribution in [3.05, 3.63) is 30.3 Å². The van der Waals surface area contributed by atoms with Crippen molar-refractivity contribution in [1.29, 1.82) is 0 Å². The highest BCUT2D eigenvalue weighted by molar-refractivity contribution is 5.85. The Bertz CT molecular complexity index is 476. The first kappa shape index (κ1) is 15.3. The van der Waals surface area contributed by atoms with E-state index in [1.54, 1.807) is 12.1 Å². The van der Waals surface area contributed by atoms with Gasteiger partial charge in [-0.05, 0) is 25.0 Å². The molecular formula is C15H19NO5. The van der Waals surface area contributed by atoms with Gasteiger partial charge >= 0.3 is 5.97 Å². The topological polar surface area (TPSA) is 84.9 Å². The lowest BCUT2D eigenvalue weighted by Crippen LogP contribution is -2.58. The molecule has 1 heterocycles. The zero-order chi connectivity index (χ0) is 15.1. The molecule has 6 nitrogen and oxygen atoms in total.